The molecule has 0 aliphatic rings. The number of hydrogen-bond acceptors (Lipinski definition) is 0. The molecule has 0 aliphatic carbocycles. The Kier molecular flexibility index (Phi) is 94.3. The second-order valence-electron chi connectivity index (χ2n) is 0. The van der Waals surface area contributed by atoms with E-state index < -0.39 is 0 Å². The summed E-state index contributed by atoms with van der Waals surface area (Å²) in [5, 5.41) is 0. The minimum absolute atomic E-state index is 0. The van der Waals surface area contributed by atoms with E-state index >= 15 is 0 Å². The SMILES string of the molecule is [Ce].[Fe].[H-].[K+].[W]. The van der Waals surface area contributed by atoms with Crippen molar-refractivity contribution >= 4 is 0 Å². The van der Waals surface area contributed by atoms with Crippen molar-refractivity contribution in [2.75, 3.05) is 0 Å². The van der Waals surface area contributed by atoms with Crippen LogP contribution in [0, 0.1) is 41.7 Å². The molecule has 4 heteroatoms. The summed E-state index contributed by atoms with van der Waals surface area (Å²) in [7, 11) is 0. The molecule has 0 aromatic carbocycles. The molecule has 0 saturated carbocycles. The monoisotopic (exact) mass is 420 g/mol. The van der Waals surface area contributed by atoms with Gasteiger partial charge in [0.15, 0.2) is 0 Å². The van der Waals surface area contributed by atoms with E-state index in [1.165, 1.54) is 0 Å². The predicted molar refractivity (Wildman–Crippen MR) is 1.11 cm³/mol. The van der Waals surface area contributed by atoms with Crippen LogP contribution in [0.5, 0.6) is 0 Å². The van der Waals surface area contributed by atoms with Crippen LogP contribution in [0.15, 0.2) is 0 Å². The molecule has 0 atom stereocenters. The fourth-order valence-corrected chi connectivity index (χ4v) is 0. The fraction of sp³-hybridized carbons (Fsp3) is 0. The maximum absolute atomic E-state index is 0. The van der Waals surface area contributed by atoms with E-state index in [0.717, 1.165) is 0 Å². The Morgan fingerprint density at radius 2 is 1.25 bits per heavy atom. The van der Waals surface area contributed by atoms with Gasteiger partial charge in [-0.15, -0.1) is 0 Å². The Hall–Kier alpha value is 4.22. The quantitative estimate of drug-likeness (QED) is 0.370. The molecular formula is HCeFeKW. The first-order valence-corrected chi connectivity index (χ1v) is 0. The van der Waals surface area contributed by atoms with Crippen molar-refractivity contribution < 1.29 is 133 Å². The molecule has 0 nitrogen and oxygen atoms in total. The van der Waals surface area contributed by atoms with E-state index in [9.17, 15) is 0 Å². The van der Waals surface area contributed by atoms with Gasteiger partial charge in [0.25, 0.3) is 0 Å². The Balaban J connectivity index is 0. The van der Waals surface area contributed by atoms with Crippen LogP contribution in [0.2, 0.25) is 0 Å². The van der Waals surface area contributed by atoms with Gasteiger partial charge in [-0.2, -0.15) is 0 Å². The van der Waals surface area contributed by atoms with Gasteiger partial charge in [0.05, 0.1) is 0 Å². The summed E-state index contributed by atoms with van der Waals surface area (Å²) in [5.74, 6) is 0. The maximum Gasteiger partial charge on any atom is 1.00 e. The average Bonchev–Trinajstić information content (AvgIpc) is 0. The van der Waals surface area contributed by atoms with Gasteiger partial charge < -0.3 is 1.43 Å². The standard InChI is InChI=1S/Ce.Fe.K.W.H/q;;+1;;-1. The van der Waals surface area contributed by atoms with E-state index in [1.54, 1.807) is 0 Å². The van der Waals surface area contributed by atoms with E-state index in [2.05, 4.69) is 0 Å². The van der Waals surface area contributed by atoms with Gasteiger partial charge >= 0.3 is 51.4 Å². The first kappa shape index (κ1) is 24.1. The molecule has 0 N–H and O–H groups in total. The van der Waals surface area contributed by atoms with E-state index in [0.29, 0.717) is 0 Å². The van der Waals surface area contributed by atoms with Gasteiger partial charge in [-0.05, 0) is 0 Å². The van der Waals surface area contributed by atoms with E-state index in [4.69, 9.17) is 0 Å². The van der Waals surface area contributed by atoms with E-state index in [-0.39, 0.29) is 133 Å². The molecule has 0 radical (unpaired) electrons. The molecule has 0 unspecified atom stereocenters. The van der Waals surface area contributed by atoms with Crippen molar-refractivity contribution in [1.82, 2.24) is 0 Å². The first-order chi connectivity index (χ1) is 0. The van der Waals surface area contributed by atoms with Crippen LogP contribution in [0.4, 0.5) is 0 Å². The van der Waals surface area contributed by atoms with Crippen LogP contribution < -0.4 is 51.4 Å². The largest absolute Gasteiger partial charge is 1.00 e. The third kappa shape index (κ3) is 9.52. The summed E-state index contributed by atoms with van der Waals surface area (Å²) in [6.07, 6.45) is 0. The fourth-order valence-electron chi connectivity index (χ4n) is 0. The van der Waals surface area contributed by atoms with Crippen LogP contribution in [-0.4, -0.2) is 0 Å². The third-order valence-electron chi connectivity index (χ3n) is 0. The molecule has 0 rings (SSSR count). The molecule has 20 valence electrons. The van der Waals surface area contributed by atoms with Gasteiger partial charge in [-0.3, -0.25) is 0 Å². The summed E-state index contributed by atoms with van der Waals surface area (Å²) in [4.78, 5) is 0. The van der Waals surface area contributed by atoms with Crippen LogP contribution in [0.3, 0.4) is 0 Å². The predicted octanol–water partition coefficient (Wildman–Crippen LogP) is -2.89. The topological polar surface area (TPSA) is 0 Å². The smallest absolute Gasteiger partial charge is 1.00 e. The molecule has 0 saturated heterocycles. The number of hydrogen-bond donors (Lipinski definition) is 0. The molecule has 0 amide bonds. The summed E-state index contributed by atoms with van der Waals surface area (Å²) < 4.78 is 0. The summed E-state index contributed by atoms with van der Waals surface area (Å²) in [5.41, 5.74) is 0. The van der Waals surface area contributed by atoms with Crippen molar-refractivity contribution in [3.8, 4) is 0 Å². The zero-order valence-electron chi connectivity index (χ0n) is 3.26. The van der Waals surface area contributed by atoms with Gasteiger partial charge in [0, 0.05) is 79.9 Å². The third-order valence-corrected chi connectivity index (χ3v) is 0. The molecule has 0 aromatic rings. The minimum atomic E-state index is 0. The molecule has 0 bridgehead atoms. The Bertz CT molecular complexity index is 11.6. The van der Waals surface area contributed by atoms with Gasteiger partial charge in [-0.1, -0.05) is 0 Å². The second-order valence-corrected chi connectivity index (χ2v) is 0. The molecular weight excluding hydrogens is 419 g/mol. The molecule has 4 heavy (non-hydrogen) atoms. The van der Waals surface area contributed by atoms with Crippen LogP contribution >= 0.6 is 0 Å². The molecule has 0 fully saturated rings. The second kappa shape index (κ2) is 15.7. The summed E-state index contributed by atoms with van der Waals surface area (Å²) in [6, 6.07) is 0. The normalized spacial score (nSPS) is 0. The Morgan fingerprint density at radius 1 is 1.25 bits per heavy atom. The van der Waals surface area contributed by atoms with Gasteiger partial charge in [0.2, 0.25) is 0 Å². The Labute approximate surface area is 129 Å². The van der Waals surface area contributed by atoms with Crippen molar-refractivity contribution in [3.05, 3.63) is 0 Å². The maximum atomic E-state index is 0. The minimum Gasteiger partial charge on any atom is -1.00 e. The molecule has 0 aromatic heterocycles. The van der Waals surface area contributed by atoms with Crippen LogP contribution in [0.1, 0.15) is 1.43 Å². The number of rotatable bonds is 0. The molecule has 0 heterocycles. The zero-order chi connectivity index (χ0) is 0. The van der Waals surface area contributed by atoms with Crippen molar-refractivity contribution in [3.63, 3.8) is 0 Å². The van der Waals surface area contributed by atoms with Crippen LogP contribution in [-0.2, 0) is 38.1 Å². The molecule has 0 aliphatic heterocycles. The summed E-state index contributed by atoms with van der Waals surface area (Å²) >= 11 is 0. The van der Waals surface area contributed by atoms with Crippen molar-refractivity contribution in [2.45, 2.75) is 0 Å². The van der Waals surface area contributed by atoms with Crippen molar-refractivity contribution in [2.24, 2.45) is 0 Å². The van der Waals surface area contributed by atoms with Crippen molar-refractivity contribution in [1.29, 1.82) is 0 Å². The van der Waals surface area contributed by atoms with Crippen LogP contribution in [0.25, 0.3) is 0 Å². The Morgan fingerprint density at radius 3 is 1.25 bits per heavy atom. The zero-order valence-corrected chi connectivity index (χ0v) is 12.6. The van der Waals surface area contributed by atoms with E-state index in [1.807, 2.05) is 0 Å². The summed E-state index contributed by atoms with van der Waals surface area (Å²) in [6.45, 7) is 0. The molecule has 0 spiro atoms. The first-order valence-electron chi connectivity index (χ1n) is 0. The average molecular weight is 420 g/mol. The van der Waals surface area contributed by atoms with Gasteiger partial charge in [0.1, 0.15) is 0 Å². The van der Waals surface area contributed by atoms with Gasteiger partial charge in [-0.25, -0.2) is 0 Å².